The Bertz CT molecular complexity index is 1870. The van der Waals surface area contributed by atoms with Gasteiger partial charge in [0.2, 0.25) is 5.91 Å². The number of amides is 2. The maximum Gasteiger partial charge on any atom is 0.490 e. The predicted octanol–water partition coefficient (Wildman–Crippen LogP) is -1.60. The third kappa shape index (κ3) is 16.4. The Hall–Kier alpha value is -3.59. The van der Waals surface area contributed by atoms with Gasteiger partial charge in [-0.05, 0) is 31.0 Å². The summed E-state index contributed by atoms with van der Waals surface area (Å²) in [6.07, 6.45) is -1.12. The smallest absolute Gasteiger partial charge is 0.489 e. The lowest BCUT2D eigenvalue weighted by molar-refractivity contribution is -0.126. The SMILES string of the molecule is NCCNC(=O)c1cccc(OCC(N)OCCOCC(=O)NCC#Cc2cn([C@H]3CC[C@@H](COP(=O)(O)OP(=O)(O)OP(=O)(O)O)O3)c(=O)nc2N)c1. The summed E-state index contributed by atoms with van der Waals surface area (Å²) in [6, 6.07) is 6.50. The fourth-order valence-corrected chi connectivity index (χ4v) is 7.33. The summed E-state index contributed by atoms with van der Waals surface area (Å²) in [7, 11) is -16.6. The number of nitrogens with zero attached hydrogens (tertiary/aromatic N) is 2. The Morgan fingerprint density at radius 1 is 1.09 bits per heavy atom. The zero-order chi connectivity index (χ0) is 39.9. The molecule has 12 N–H and O–H groups in total. The largest absolute Gasteiger partial charge is 0.490 e. The highest BCUT2D eigenvalue weighted by atomic mass is 31.3. The van der Waals surface area contributed by atoms with Gasteiger partial charge in [-0.1, -0.05) is 17.9 Å². The van der Waals surface area contributed by atoms with E-state index in [1.54, 1.807) is 24.3 Å². The number of carbonyl (C=O) groups is 2. The zero-order valence-corrected chi connectivity index (χ0v) is 30.9. The summed E-state index contributed by atoms with van der Waals surface area (Å²) in [5.74, 6) is 4.76. The van der Waals surface area contributed by atoms with Crippen LogP contribution in [0, 0.1) is 11.8 Å². The van der Waals surface area contributed by atoms with E-state index in [1.165, 1.54) is 6.20 Å². The number of nitrogens with one attached hydrogen (secondary N) is 2. The number of hydrogen-bond donors (Lipinski definition) is 9. The fraction of sp³-hybridized carbons (Fsp3) is 0.481. The molecule has 5 atom stereocenters. The highest BCUT2D eigenvalue weighted by molar-refractivity contribution is 7.66. The van der Waals surface area contributed by atoms with E-state index in [1.807, 2.05) is 0 Å². The summed E-state index contributed by atoms with van der Waals surface area (Å²) in [5, 5.41) is 5.17. The van der Waals surface area contributed by atoms with E-state index >= 15 is 0 Å². The molecule has 2 heterocycles. The van der Waals surface area contributed by atoms with Crippen LogP contribution in [0.3, 0.4) is 0 Å². The van der Waals surface area contributed by atoms with Gasteiger partial charge in [-0.3, -0.25) is 18.7 Å². The molecule has 0 saturated carbocycles. The molecule has 0 spiro atoms. The third-order valence-electron chi connectivity index (χ3n) is 6.55. The quantitative estimate of drug-likeness (QED) is 0.0296. The van der Waals surface area contributed by atoms with Crippen LogP contribution >= 0.6 is 23.5 Å². The van der Waals surface area contributed by atoms with Gasteiger partial charge in [0.05, 0.1) is 38.0 Å². The second-order valence-corrected chi connectivity index (χ2v) is 15.3. The first kappa shape index (κ1) is 44.8. The summed E-state index contributed by atoms with van der Waals surface area (Å²) in [5.41, 5.74) is 16.8. The Balaban J connectivity index is 1.37. The number of benzene rings is 1. The van der Waals surface area contributed by atoms with Crippen molar-refractivity contribution in [2.75, 3.05) is 58.4 Å². The van der Waals surface area contributed by atoms with Crippen molar-refractivity contribution in [3.63, 3.8) is 0 Å². The maximum atomic E-state index is 12.5. The summed E-state index contributed by atoms with van der Waals surface area (Å²) in [6.45, 7) is -0.405. The van der Waals surface area contributed by atoms with E-state index in [0.717, 1.165) is 4.57 Å². The predicted molar refractivity (Wildman–Crippen MR) is 184 cm³/mol. The van der Waals surface area contributed by atoms with Crippen molar-refractivity contribution in [2.24, 2.45) is 11.5 Å². The number of phosphoric acid groups is 3. The van der Waals surface area contributed by atoms with E-state index in [4.69, 9.17) is 45.9 Å². The molecule has 300 valence electrons. The Morgan fingerprint density at radius 2 is 1.85 bits per heavy atom. The number of ether oxygens (including phenoxy) is 4. The van der Waals surface area contributed by atoms with Crippen LogP contribution in [0.1, 0.15) is 35.0 Å². The van der Waals surface area contributed by atoms with Gasteiger partial charge in [0.1, 0.15) is 37.2 Å². The van der Waals surface area contributed by atoms with E-state index in [9.17, 15) is 37.9 Å². The van der Waals surface area contributed by atoms with Gasteiger partial charge in [0, 0.05) is 24.8 Å². The Kier molecular flexibility index (Phi) is 17.4. The van der Waals surface area contributed by atoms with Crippen LogP contribution in [-0.2, 0) is 45.8 Å². The standard InChI is InChI=1S/C27H40N7O17P3/c28-8-10-32-26(36)18-3-1-5-20(13-18)47-16-22(29)46-12-11-45-17-23(35)31-9-2-4-19-14-34(27(37)33-25(19)30)24-7-6-21(49-24)15-48-53(41,42)51-54(43,44)50-52(38,39)40/h1,3,5,13-14,21-22,24H,6-12,15-17,28-29H2,(H,31,35)(H,32,36)(H,41,42)(H,43,44)(H2,30,33,37)(H2,38,39,40)/t21-,22?,24+/m0/s1. The lowest BCUT2D eigenvalue weighted by Crippen LogP contribution is -2.33. The number of phosphoric ester groups is 1. The molecule has 3 unspecified atom stereocenters. The second-order valence-electron chi connectivity index (χ2n) is 10.8. The number of nitrogen functional groups attached to an aromatic ring is 1. The molecule has 24 nitrogen and oxygen atoms in total. The van der Waals surface area contributed by atoms with Crippen molar-refractivity contribution in [1.82, 2.24) is 20.2 Å². The molecule has 1 aliphatic heterocycles. The van der Waals surface area contributed by atoms with Crippen LogP contribution in [0.4, 0.5) is 5.82 Å². The average Bonchev–Trinajstić information content (AvgIpc) is 3.55. The summed E-state index contributed by atoms with van der Waals surface area (Å²) < 4.78 is 69.0. The molecule has 27 heteroatoms. The van der Waals surface area contributed by atoms with Crippen LogP contribution in [0.2, 0.25) is 0 Å². The van der Waals surface area contributed by atoms with Gasteiger partial charge < -0.3 is 66.4 Å². The van der Waals surface area contributed by atoms with Crippen molar-refractivity contribution < 1.29 is 75.0 Å². The molecule has 0 radical (unpaired) electrons. The van der Waals surface area contributed by atoms with Crippen LogP contribution < -0.4 is 38.3 Å². The number of hydrogen-bond acceptors (Lipinski definition) is 17. The number of carbonyl (C=O) groups excluding carboxylic acids is 2. The van der Waals surface area contributed by atoms with E-state index in [0.29, 0.717) is 24.4 Å². The minimum absolute atomic E-state index is 0.0137. The van der Waals surface area contributed by atoms with E-state index in [-0.39, 0.29) is 63.1 Å². The number of nitrogens with two attached hydrogens (primary N) is 3. The van der Waals surface area contributed by atoms with Gasteiger partial charge in [-0.25, -0.2) is 18.5 Å². The van der Waals surface area contributed by atoms with Crippen LogP contribution in [0.25, 0.3) is 0 Å². The molecule has 1 fully saturated rings. The van der Waals surface area contributed by atoms with Gasteiger partial charge in [0.15, 0.2) is 0 Å². The first-order valence-corrected chi connectivity index (χ1v) is 20.1. The molecule has 0 aliphatic carbocycles. The molecule has 1 aromatic heterocycles. The fourth-order valence-electron chi connectivity index (χ4n) is 4.28. The topological polar surface area (TPSA) is 368 Å². The molecule has 3 rings (SSSR count). The van der Waals surface area contributed by atoms with Crippen LogP contribution in [0.15, 0.2) is 35.3 Å². The van der Waals surface area contributed by atoms with E-state index < -0.39 is 60.2 Å². The van der Waals surface area contributed by atoms with Gasteiger partial charge >= 0.3 is 29.2 Å². The highest BCUT2D eigenvalue weighted by Gasteiger charge is 2.41. The molecule has 1 aromatic carbocycles. The molecule has 2 aromatic rings. The van der Waals surface area contributed by atoms with Gasteiger partial charge in [-0.2, -0.15) is 13.6 Å². The molecular formula is C27H40N7O17P3. The molecule has 2 amide bonds. The first-order valence-electron chi connectivity index (χ1n) is 15.6. The highest BCUT2D eigenvalue weighted by Crippen LogP contribution is 2.66. The van der Waals surface area contributed by atoms with Crippen molar-refractivity contribution >= 4 is 41.1 Å². The molecule has 0 bridgehead atoms. The van der Waals surface area contributed by atoms with Crippen molar-refractivity contribution in [2.45, 2.75) is 31.4 Å². The number of anilines is 1. The minimum atomic E-state index is -5.69. The van der Waals surface area contributed by atoms with E-state index in [2.05, 4.69) is 40.6 Å². The van der Waals surface area contributed by atoms with Crippen molar-refractivity contribution in [1.29, 1.82) is 0 Å². The van der Waals surface area contributed by atoms with Crippen LogP contribution in [0.5, 0.6) is 5.75 Å². The number of aromatic nitrogens is 2. The summed E-state index contributed by atoms with van der Waals surface area (Å²) in [4.78, 5) is 76.5. The zero-order valence-electron chi connectivity index (χ0n) is 28.3. The lowest BCUT2D eigenvalue weighted by atomic mass is 10.2. The molecule has 1 aliphatic rings. The molecule has 1 saturated heterocycles. The van der Waals surface area contributed by atoms with Gasteiger partial charge in [-0.15, -0.1) is 0 Å². The van der Waals surface area contributed by atoms with Gasteiger partial charge in [0.25, 0.3) is 5.91 Å². The van der Waals surface area contributed by atoms with Crippen molar-refractivity contribution in [3.05, 3.63) is 52.1 Å². The van der Waals surface area contributed by atoms with Crippen molar-refractivity contribution in [3.8, 4) is 17.6 Å². The second kappa shape index (κ2) is 20.9. The maximum absolute atomic E-state index is 12.5. The molecular weight excluding hydrogens is 787 g/mol. The third-order valence-corrected chi connectivity index (χ3v) is 10.3. The summed E-state index contributed by atoms with van der Waals surface area (Å²) >= 11 is 0. The monoisotopic (exact) mass is 827 g/mol. The average molecular weight is 828 g/mol. The lowest BCUT2D eigenvalue weighted by Gasteiger charge is -2.19. The Morgan fingerprint density at radius 3 is 2.57 bits per heavy atom. The normalized spacial score (nSPS) is 18.4. The minimum Gasteiger partial charge on any atom is -0.489 e. The Labute approximate surface area is 307 Å². The first-order chi connectivity index (χ1) is 25.4. The molecule has 54 heavy (non-hydrogen) atoms. The van der Waals surface area contributed by atoms with Crippen LogP contribution in [-0.4, -0.2) is 106 Å². The number of rotatable bonds is 21.